The van der Waals surface area contributed by atoms with Gasteiger partial charge < -0.3 is 5.32 Å². The summed E-state index contributed by atoms with van der Waals surface area (Å²) in [5.41, 5.74) is 9.35. The number of amides is 1. The number of thiocarbonyl (C=S) groups is 1. The molecule has 36 heavy (non-hydrogen) atoms. The topological polar surface area (TPSA) is 125 Å². The molecule has 0 fully saturated rings. The molecule has 4 rings (SSSR count). The third-order valence-corrected chi connectivity index (χ3v) is 7.52. The standard InChI is InChI=1S/C24H22N6O3S3/c1-15-4-6-17(7-5-15)21-16(2)35-14-20(21)22(31)28-29-24(34)27-18-8-10-19(11-9-18)36(32,33)30-23-25-12-3-13-26-23/h3-14H,1-2H3,(H,28,31)(H,25,26,30)(H2,27,29,34). The highest BCUT2D eigenvalue weighted by Gasteiger charge is 2.18. The minimum Gasteiger partial charge on any atom is -0.331 e. The van der Waals surface area contributed by atoms with E-state index in [-0.39, 0.29) is 21.9 Å². The molecule has 0 aliphatic rings. The summed E-state index contributed by atoms with van der Waals surface area (Å²) in [6, 6.07) is 15.5. The molecule has 12 heteroatoms. The highest BCUT2D eigenvalue weighted by molar-refractivity contribution is 7.92. The van der Waals surface area contributed by atoms with Gasteiger partial charge in [-0.05, 0) is 62.0 Å². The first kappa shape index (κ1) is 25.2. The van der Waals surface area contributed by atoms with E-state index >= 15 is 0 Å². The fraction of sp³-hybridized carbons (Fsp3) is 0.0833. The Morgan fingerprint density at radius 1 is 0.944 bits per heavy atom. The quantitative estimate of drug-likeness (QED) is 0.212. The number of aromatic nitrogens is 2. The minimum atomic E-state index is -3.85. The van der Waals surface area contributed by atoms with E-state index < -0.39 is 10.0 Å². The van der Waals surface area contributed by atoms with Crippen molar-refractivity contribution in [1.82, 2.24) is 20.8 Å². The zero-order chi connectivity index (χ0) is 25.7. The minimum absolute atomic E-state index is 0.0211. The highest BCUT2D eigenvalue weighted by Crippen LogP contribution is 2.32. The van der Waals surface area contributed by atoms with Gasteiger partial charge >= 0.3 is 0 Å². The Hall–Kier alpha value is -3.87. The lowest BCUT2D eigenvalue weighted by molar-refractivity contribution is 0.0945. The van der Waals surface area contributed by atoms with Crippen molar-refractivity contribution >= 4 is 56.2 Å². The van der Waals surface area contributed by atoms with Crippen LogP contribution in [-0.2, 0) is 10.0 Å². The SMILES string of the molecule is Cc1ccc(-c2c(C(=O)NNC(=S)Nc3ccc(S(=O)(=O)Nc4ncccn4)cc3)csc2C)cc1. The van der Waals surface area contributed by atoms with Crippen molar-refractivity contribution in [3.05, 3.63) is 88.4 Å². The van der Waals surface area contributed by atoms with Crippen LogP contribution in [0.4, 0.5) is 11.6 Å². The first-order valence-electron chi connectivity index (χ1n) is 10.7. The number of rotatable bonds is 6. The molecule has 0 saturated heterocycles. The number of hydrazine groups is 1. The average molecular weight is 539 g/mol. The summed E-state index contributed by atoms with van der Waals surface area (Å²) in [7, 11) is -3.85. The summed E-state index contributed by atoms with van der Waals surface area (Å²) in [4.78, 5) is 21.6. The van der Waals surface area contributed by atoms with Crippen LogP contribution in [-0.4, -0.2) is 29.4 Å². The van der Waals surface area contributed by atoms with Crippen molar-refractivity contribution in [1.29, 1.82) is 0 Å². The van der Waals surface area contributed by atoms with Gasteiger partial charge in [0, 0.05) is 33.9 Å². The molecule has 9 nitrogen and oxygen atoms in total. The highest BCUT2D eigenvalue weighted by atomic mass is 32.2. The van der Waals surface area contributed by atoms with Crippen LogP contribution in [0.1, 0.15) is 20.8 Å². The number of nitrogens with zero attached hydrogens (tertiary/aromatic N) is 2. The number of thiophene rings is 1. The summed E-state index contributed by atoms with van der Waals surface area (Å²) in [6.07, 6.45) is 2.88. The smallest absolute Gasteiger partial charge is 0.271 e. The zero-order valence-corrected chi connectivity index (χ0v) is 21.7. The Morgan fingerprint density at radius 2 is 1.61 bits per heavy atom. The molecule has 0 aliphatic heterocycles. The second-order valence-corrected chi connectivity index (χ2v) is 10.9. The molecule has 2 aromatic carbocycles. The van der Waals surface area contributed by atoms with Crippen LogP contribution >= 0.6 is 23.6 Å². The Bertz CT molecular complexity index is 1490. The van der Waals surface area contributed by atoms with Crippen LogP contribution in [0.2, 0.25) is 0 Å². The second-order valence-electron chi connectivity index (χ2n) is 7.68. The Kier molecular flexibility index (Phi) is 7.58. The van der Waals surface area contributed by atoms with E-state index in [1.165, 1.54) is 35.9 Å². The van der Waals surface area contributed by atoms with Crippen molar-refractivity contribution in [3.63, 3.8) is 0 Å². The predicted molar refractivity (Wildman–Crippen MR) is 145 cm³/mol. The van der Waals surface area contributed by atoms with Crippen LogP contribution in [0.3, 0.4) is 0 Å². The monoisotopic (exact) mass is 538 g/mol. The Morgan fingerprint density at radius 3 is 2.28 bits per heavy atom. The molecule has 2 heterocycles. The van der Waals surface area contributed by atoms with Gasteiger partial charge in [0.25, 0.3) is 15.9 Å². The third kappa shape index (κ3) is 6.03. The number of aryl methyl sites for hydroxylation is 2. The van der Waals surface area contributed by atoms with Crippen molar-refractivity contribution in [2.75, 3.05) is 10.0 Å². The largest absolute Gasteiger partial charge is 0.331 e. The average Bonchev–Trinajstić information content (AvgIpc) is 3.25. The van der Waals surface area contributed by atoms with Crippen molar-refractivity contribution in [3.8, 4) is 11.1 Å². The maximum Gasteiger partial charge on any atom is 0.271 e. The van der Waals surface area contributed by atoms with Gasteiger partial charge in [0.2, 0.25) is 5.95 Å². The van der Waals surface area contributed by atoms with Crippen molar-refractivity contribution < 1.29 is 13.2 Å². The lowest BCUT2D eigenvalue weighted by atomic mass is 10.0. The van der Waals surface area contributed by atoms with Gasteiger partial charge in [-0.3, -0.25) is 15.6 Å². The van der Waals surface area contributed by atoms with Crippen molar-refractivity contribution in [2.45, 2.75) is 18.7 Å². The van der Waals surface area contributed by atoms with Gasteiger partial charge in [0.1, 0.15) is 0 Å². The number of hydrogen-bond donors (Lipinski definition) is 4. The summed E-state index contributed by atoms with van der Waals surface area (Å²) < 4.78 is 27.3. The maximum absolute atomic E-state index is 12.8. The first-order valence-corrected chi connectivity index (χ1v) is 13.4. The normalized spacial score (nSPS) is 10.9. The van der Waals surface area contributed by atoms with E-state index in [4.69, 9.17) is 12.2 Å². The van der Waals surface area contributed by atoms with E-state index in [0.717, 1.165) is 21.6 Å². The third-order valence-electron chi connectivity index (χ3n) is 5.06. The van der Waals surface area contributed by atoms with E-state index in [9.17, 15) is 13.2 Å². The molecule has 2 aromatic heterocycles. The number of anilines is 2. The van der Waals surface area contributed by atoms with E-state index in [2.05, 4.69) is 30.9 Å². The summed E-state index contributed by atoms with van der Waals surface area (Å²) in [5.74, 6) is -0.345. The van der Waals surface area contributed by atoms with E-state index in [0.29, 0.717) is 11.3 Å². The molecule has 1 amide bonds. The van der Waals surface area contributed by atoms with Gasteiger partial charge in [-0.1, -0.05) is 29.8 Å². The Labute approximate surface area is 218 Å². The molecule has 4 aromatic rings. The summed E-state index contributed by atoms with van der Waals surface area (Å²) >= 11 is 6.76. The fourth-order valence-electron chi connectivity index (χ4n) is 3.29. The van der Waals surface area contributed by atoms with Gasteiger partial charge in [0.05, 0.1) is 10.5 Å². The van der Waals surface area contributed by atoms with Crippen LogP contribution < -0.4 is 20.9 Å². The first-order chi connectivity index (χ1) is 17.2. The van der Waals surface area contributed by atoms with Crippen LogP contribution in [0, 0.1) is 13.8 Å². The molecule has 184 valence electrons. The molecule has 0 aliphatic carbocycles. The van der Waals surface area contributed by atoms with E-state index in [1.54, 1.807) is 18.2 Å². The maximum atomic E-state index is 12.8. The lowest BCUT2D eigenvalue weighted by Crippen LogP contribution is -2.43. The second kappa shape index (κ2) is 10.8. The van der Waals surface area contributed by atoms with Crippen LogP contribution in [0.15, 0.2) is 77.3 Å². The molecule has 4 N–H and O–H groups in total. The number of carbonyl (C=O) groups excluding carboxylic acids is 1. The summed E-state index contributed by atoms with van der Waals surface area (Å²) in [5, 5.41) is 4.85. The number of nitrogens with one attached hydrogen (secondary N) is 4. The van der Waals surface area contributed by atoms with Gasteiger partial charge in [-0.25, -0.2) is 23.1 Å². The number of hydrogen-bond acceptors (Lipinski definition) is 7. The zero-order valence-electron chi connectivity index (χ0n) is 19.3. The van der Waals surface area contributed by atoms with Gasteiger partial charge in [-0.2, -0.15) is 0 Å². The molecule has 0 atom stereocenters. The molecule has 0 spiro atoms. The molecule has 0 bridgehead atoms. The molecule has 0 unspecified atom stereocenters. The number of sulfonamides is 1. The number of carbonyl (C=O) groups is 1. The predicted octanol–water partition coefficient (Wildman–Crippen LogP) is 4.25. The molecule has 0 radical (unpaired) electrons. The van der Waals surface area contributed by atoms with Crippen LogP contribution in [0.25, 0.3) is 11.1 Å². The molecular formula is C24H22N6O3S3. The van der Waals surface area contributed by atoms with Gasteiger partial charge in [-0.15, -0.1) is 11.3 Å². The number of benzene rings is 2. The van der Waals surface area contributed by atoms with Crippen molar-refractivity contribution in [2.24, 2.45) is 0 Å². The molecule has 0 saturated carbocycles. The Balaban J connectivity index is 1.36. The fourth-order valence-corrected chi connectivity index (χ4v) is 5.28. The lowest BCUT2D eigenvalue weighted by Gasteiger charge is -2.13. The van der Waals surface area contributed by atoms with Gasteiger partial charge in [0.15, 0.2) is 5.11 Å². The van der Waals surface area contributed by atoms with E-state index in [1.807, 2.05) is 43.5 Å². The molecular weight excluding hydrogens is 517 g/mol. The summed E-state index contributed by atoms with van der Waals surface area (Å²) in [6.45, 7) is 3.99. The van der Waals surface area contributed by atoms with Crippen LogP contribution in [0.5, 0.6) is 0 Å².